The smallest absolute Gasteiger partial charge is 0.325 e. The Labute approximate surface area is 129 Å². The van der Waals surface area contributed by atoms with Gasteiger partial charge in [-0.2, -0.15) is 0 Å². The first-order valence-electron chi connectivity index (χ1n) is 8.25. The third-order valence-corrected chi connectivity index (χ3v) is 4.32. The van der Waals surface area contributed by atoms with Gasteiger partial charge >= 0.3 is 5.97 Å². The molecule has 0 bridgehead atoms. The molecule has 1 aliphatic rings. The van der Waals surface area contributed by atoms with Crippen LogP contribution in [0.5, 0.6) is 0 Å². The lowest BCUT2D eigenvalue weighted by Gasteiger charge is -2.28. The molecule has 5 heteroatoms. The number of esters is 1. The van der Waals surface area contributed by atoms with E-state index < -0.39 is 5.54 Å². The third kappa shape index (κ3) is 6.32. The molecule has 0 saturated carbocycles. The topological polar surface area (TPSA) is 58.8 Å². The number of carbonyl (C=O) groups is 1. The Hall–Kier alpha value is -0.650. The molecule has 0 aromatic carbocycles. The first-order valence-corrected chi connectivity index (χ1v) is 8.25. The molecule has 2 N–H and O–H groups in total. The summed E-state index contributed by atoms with van der Waals surface area (Å²) in [5.41, 5.74) is 5.19. The summed E-state index contributed by atoms with van der Waals surface area (Å²) in [6, 6.07) is 0.604. The molecule has 0 aromatic heterocycles. The van der Waals surface area contributed by atoms with Crippen molar-refractivity contribution in [2.75, 3.05) is 39.8 Å². The lowest BCUT2D eigenvalue weighted by atomic mass is 9.96. The number of ether oxygens (including phenoxy) is 1. The molecule has 2 atom stereocenters. The van der Waals surface area contributed by atoms with Gasteiger partial charge in [-0.15, -0.1) is 0 Å². The van der Waals surface area contributed by atoms with Gasteiger partial charge in [0.1, 0.15) is 5.54 Å². The molecule has 1 rings (SSSR count). The van der Waals surface area contributed by atoms with Crippen molar-refractivity contribution < 1.29 is 9.53 Å². The van der Waals surface area contributed by atoms with Gasteiger partial charge in [0.15, 0.2) is 0 Å². The Morgan fingerprint density at radius 1 is 1.38 bits per heavy atom. The van der Waals surface area contributed by atoms with E-state index in [2.05, 4.69) is 23.8 Å². The van der Waals surface area contributed by atoms with Gasteiger partial charge in [-0.3, -0.25) is 9.69 Å². The second kappa shape index (κ2) is 8.71. The van der Waals surface area contributed by atoms with Gasteiger partial charge in [0.05, 0.1) is 6.61 Å². The normalized spacial score (nSPS) is 24.3. The van der Waals surface area contributed by atoms with Crippen molar-refractivity contribution in [2.24, 2.45) is 5.73 Å². The van der Waals surface area contributed by atoms with Crippen LogP contribution in [0.25, 0.3) is 0 Å². The van der Waals surface area contributed by atoms with E-state index in [1.807, 2.05) is 6.92 Å². The van der Waals surface area contributed by atoms with E-state index in [0.717, 1.165) is 25.9 Å². The summed E-state index contributed by atoms with van der Waals surface area (Å²) in [7, 11) is 2.19. The second-order valence-electron chi connectivity index (χ2n) is 6.60. The zero-order valence-electron chi connectivity index (χ0n) is 14.2. The summed E-state index contributed by atoms with van der Waals surface area (Å²) in [4.78, 5) is 16.7. The van der Waals surface area contributed by atoms with Crippen LogP contribution in [0, 0.1) is 0 Å². The van der Waals surface area contributed by atoms with Gasteiger partial charge < -0.3 is 15.4 Å². The average molecular weight is 299 g/mol. The van der Waals surface area contributed by atoms with Gasteiger partial charge in [0.2, 0.25) is 0 Å². The standard InChI is InChI=1S/C16H33N3O2/c1-5-21-15(20)16(3,17)9-6-7-11-19-12-8-10-18(4)13-14(19)2/h14H,5-13,17H2,1-4H3. The predicted octanol–water partition coefficient (Wildman–Crippen LogP) is 1.46. The van der Waals surface area contributed by atoms with Crippen molar-refractivity contribution in [1.82, 2.24) is 9.80 Å². The summed E-state index contributed by atoms with van der Waals surface area (Å²) < 4.78 is 5.02. The average Bonchev–Trinajstić information content (AvgIpc) is 2.56. The largest absolute Gasteiger partial charge is 0.465 e. The molecule has 2 unspecified atom stereocenters. The molecular formula is C16H33N3O2. The first-order chi connectivity index (χ1) is 9.86. The minimum Gasteiger partial charge on any atom is -0.465 e. The minimum absolute atomic E-state index is 0.283. The molecule has 0 amide bonds. The molecule has 0 aliphatic carbocycles. The molecule has 1 aliphatic heterocycles. The first kappa shape index (κ1) is 18.4. The van der Waals surface area contributed by atoms with E-state index in [1.54, 1.807) is 6.92 Å². The molecule has 1 saturated heterocycles. The Morgan fingerprint density at radius 2 is 2.10 bits per heavy atom. The van der Waals surface area contributed by atoms with Crippen LogP contribution in [-0.2, 0) is 9.53 Å². The molecular weight excluding hydrogens is 266 g/mol. The summed E-state index contributed by atoms with van der Waals surface area (Å²) in [6.07, 6.45) is 3.97. The van der Waals surface area contributed by atoms with E-state index in [0.29, 0.717) is 19.1 Å². The fraction of sp³-hybridized carbons (Fsp3) is 0.938. The zero-order valence-corrected chi connectivity index (χ0v) is 14.2. The van der Waals surface area contributed by atoms with Crippen molar-refractivity contribution in [3.05, 3.63) is 0 Å². The highest BCUT2D eigenvalue weighted by molar-refractivity contribution is 5.79. The zero-order chi connectivity index (χ0) is 15.9. The van der Waals surface area contributed by atoms with Gasteiger partial charge in [0.25, 0.3) is 0 Å². The van der Waals surface area contributed by atoms with Crippen molar-refractivity contribution in [3.63, 3.8) is 0 Å². The molecule has 0 spiro atoms. The number of carbonyl (C=O) groups excluding carboxylic acids is 1. The van der Waals surface area contributed by atoms with Crippen LogP contribution in [0.4, 0.5) is 0 Å². The van der Waals surface area contributed by atoms with Gasteiger partial charge in [-0.25, -0.2) is 0 Å². The van der Waals surface area contributed by atoms with Crippen molar-refractivity contribution in [3.8, 4) is 0 Å². The molecule has 21 heavy (non-hydrogen) atoms. The van der Waals surface area contributed by atoms with Crippen LogP contribution in [-0.4, -0.2) is 67.2 Å². The van der Waals surface area contributed by atoms with Gasteiger partial charge in [-0.1, -0.05) is 0 Å². The van der Waals surface area contributed by atoms with Crippen LogP contribution in [0.3, 0.4) is 0 Å². The fourth-order valence-electron chi connectivity index (χ4n) is 2.96. The minimum atomic E-state index is -0.847. The molecule has 1 fully saturated rings. The highest BCUT2D eigenvalue weighted by atomic mass is 16.5. The predicted molar refractivity (Wildman–Crippen MR) is 86.2 cm³/mol. The monoisotopic (exact) mass is 299 g/mol. The number of hydrogen-bond donors (Lipinski definition) is 1. The van der Waals surface area contributed by atoms with Gasteiger partial charge in [0, 0.05) is 12.6 Å². The van der Waals surface area contributed by atoms with E-state index in [-0.39, 0.29) is 5.97 Å². The highest BCUT2D eigenvalue weighted by Gasteiger charge is 2.29. The maximum absolute atomic E-state index is 11.7. The third-order valence-electron chi connectivity index (χ3n) is 4.32. The number of nitrogens with zero attached hydrogens (tertiary/aromatic N) is 2. The summed E-state index contributed by atoms with van der Waals surface area (Å²) in [6.45, 7) is 10.9. The van der Waals surface area contributed by atoms with E-state index in [4.69, 9.17) is 10.5 Å². The van der Waals surface area contributed by atoms with E-state index >= 15 is 0 Å². The van der Waals surface area contributed by atoms with Crippen LogP contribution in [0.1, 0.15) is 46.5 Å². The molecule has 1 heterocycles. The second-order valence-corrected chi connectivity index (χ2v) is 6.60. The Bertz CT molecular complexity index is 321. The maximum Gasteiger partial charge on any atom is 0.325 e. The van der Waals surface area contributed by atoms with Crippen LogP contribution < -0.4 is 5.73 Å². The number of likely N-dealkylation sites (N-methyl/N-ethyl adjacent to an activating group) is 1. The van der Waals surface area contributed by atoms with Crippen molar-refractivity contribution >= 4 is 5.97 Å². The Kier molecular flexibility index (Phi) is 7.63. The molecule has 5 nitrogen and oxygen atoms in total. The maximum atomic E-state index is 11.7. The van der Waals surface area contributed by atoms with Crippen LogP contribution in [0.2, 0.25) is 0 Å². The molecule has 124 valence electrons. The summed E-state index contributed by atoms with van der Waals surface area (Å²) in [5, 5.41) is 0. The van der Waals surface area contributed by atoms with Crippen LogP contribution in [0.15, 0.2) is 0 Å². The fourth-order valence-corrected chi connectivity index (χ4v) is 2.96. The number of unbranched alkanes of at least 4 members (excludes halogenated alkanes) is 1. The Morgan fingerprint density at radius 3 is 2.76 bits per heavy atom. The lowest BCUT2D eigenvalue weighted by Crippen LogP contribution is -2.46. The SMILES string of the molecule is CCOC(=O)C(C)(N)CCCCN1CCCN(C)CC1C. The molecule has 0 radical (unpaired) electrons. The Balaban J connectivity index is 2.28. The quantitative estimate of drug-likeness (QED) is 0.570. The van der Waals surface area contributed by atoms with Gasteiger partial charge in [-0.05, 0) is 73.1 Å². The number of nitrogens with two attached hydrogens (primary N) is 1. The van der Waals surface area contributed by atoms with Crippen LogP contribution >= 0.6 is 0 Å². The number of rotatable bonds is 7. The highest BCUT2D eigenvalue weighted by Crippen LogP contribution is 2.15. The van der Waals surface area contributed by atoms with E-state index in [9.17, 15) is 4.79 Å². The molecule has 0 aromatic rings. The number of hydrogen-bond acceptors (Lipinski definition) is 5. The van der Waals surface area contributed by atoms with E-state index in [1.165, 1.54) is 19.5 Å². The lowest BCUT2D eigenvalue weighted by molar-refractivity contribution is -0.149. The van der Waals surface area contributed by atoms with Crippen molar-refractivity contribution in [2.45, 2.75) is 58.0 Å². The van der Waals surface area contributed by atoms with Crippen molar-refractivity contribution in [1.29, 1.82) is 0 Å². The summed E-state index contributed by atoms with van der Waals surface area (Å²) >= 11 is 0. The summed E-state index contributed by atoms with van der Waals surface area (Å²) in [5.74, 6) is -0.283.